The van der Waals surface area contributed by atoms with Crippen molar-refractivity contribution in [1.82, 2.24) is 4.90 Å². The average Bonchev–Trinajstić information content (AvgIpc) is 2.98. The monoisotopic (exact) mass is 241 g/mol. The van der Waals surface area contributed by atoms with Crippen LogP contribution in [0.1, 0.15) is 25.7 Å². The minimum Gasteiger partial charge on any atom is -0.469 e. The molecule has 96 valence electrons. The highest BCUT2D eigenvalue weighted by Gasteiger charge is 2.32. The van der Waals surface area contributed by atoms with Gasteiger partial charge in [-0.25, -0.2) is 0 Å². The second kappa shape index (κ2) is 5.49. The van der Waals surface area contributed by atoms with Gasteiger partial charge in [0, 0.05) is 19.7 Å². The van der Waals surface area contributed by atoms with E-state index in [2.05, 4.69) is 0 Å². The quantitative estimate of drug-likeness (QED) is 0.678. The molecular weight excluding hydrogens is 222 g/mol. The van der Waals surface area contributed by atoms with Gasteiger partial charge in [-0.1, -0.05) is 0 Å². The molecule has 0 aromatic rings. The van der Waals surface area contributed by atoms with Crippen LogP contribution in [-0.4, -0.2) is 49.7 Å². The third-order valence-electron chi connectivity index (χ3n) is 3.50. The van der Waals surface area contributed by atoms with Gasteiger partial charge >= 0.3 is 5.97 Å². The van der Waals surface area contributed by atoms with Crippen molar-refractivity contribution in [3.63, 3.8) is 0 Å². The zero-order valence-corrected chi connectivity index (χ0v) is 10.2. The minimum atomic E-state index is -0.211. The van der Waals surface area contributed by atoms with E-state index in [0.717, 1.165) is 19.4 Å². The number of hydrogen-bond donors (Lipinski definition) is 0. The lowest BCUT2D eigenvalue weighted by Gasteiger charge is -2.18. The molecule has 0 spiro atoms. The van der Waals surface area contributed by atoms with Crippen molar-refractivity contribution in [2.75, 3.05) is 26.8 Å². The summed E-state index contributed by atoms with van der Waals surface area (Å²) in [6.07, 6.45) is 3.26. The van der Waals surface area contributed by atoms with Gasteiger partial charge in [-0.05, 0) is 19.3 Å². The molecule has 5 nitrogen and oxygen atoms in total. The fraction of sp³-hybridized carbons (Fsp3) is 0.833. The second-order valence-electron chi connectivity index (χ2n) is 4.69. The van der Waals surface area contributed by atoms with Gasteiger partial charge in [-0.2, -0.15) is 0 Å². The molecule has 2 aliphatic heterocycles. The Hall–Kier alpha value is -1.10. The molecule has 0 saturated carbocycles. The van der Waals surface area contributed by atoms with Gasteiger partial charge < -0.3 is 14.4 Å². The third-order valence-corrected chi connectivity index (χ3v) is 3.50. The number of ether oxygens (including phenoxy) is 2. The predicted molar refractivity (Wildman–Crippen MR) is 60.3 cm³/mol. The summed E-state index contributed by atoms with van der Waals surface area (Å²) in [6, 6.07) is 0. The van der Waals surface area contributed by atoms with E-state index in [1.54, 1.807) is 4.90 Å². The number of esters is 1. The molecule has 2 rings (SSSR count). The molecule has 2 saturated heterocycles. The molecule has 0 radical (unpaired) electrons. The minimum absolute atomic E-state index is 0.0830. The van der Waals surface area contributed by atoms with E-state index in [9.17, 15) is 9.59 Å². The first-order chi connectivity index (χ1) is 8.20. The Morgan fingerprint density at radius 2 is 2.24 bits per heavy atom. The Morgan fingerprint density at radius 1 is 1.41 bits per heavy atom. The zero-order valence-electron chi connectivity index (χ0n) is 10.2. The molecule has 0 aromatic carbocycles. The van der Waals surface area contributed by atoms with Gasteiger partial charge in [0.25, 0.3) is 0 Å². The van der Waals surface area contributed by atoms with E-state index in [0.29, 0.717) is 25.9 Å². The molecular formula is C12H19NO4. The smallest absolute Gasteiger partial charge is 0.310 e. The van der Waals surface area contributed by atoms with Gasteiger partial charge in [0.05, 0.1) is 25.6 Å². The van der Waals surface area contributed by atoms with Crippen molar-refractivity contribution in [3.8, 4) is 0 Å². The molecule has 2 fully saturated rings. The molecule has 2 aliphatic rings. The molecule has 0 N–H and O–H groups in total. The van der Waals surface area contributed by atoms with Gasteiger partial charge in [-0.3, -0.25) is 9.59 Å². The zero-order chi connectivity index (χ0) is 12.3. The topological polar surface area (TPSA) is 55.8 Å². The highest BCUT2D eigenvalue weighted by atomic mass is 16.5. The van der Waals surface area contributed by atoms with Crippen LogP contribution in [0.15, 0.2) is 0 Å². The van der Waals surface area contributed by atoms with E-state index in [4.69, 9.17) is 9.47 Å². The molecule has 2 heterocycles. The molecule has 5 heteroatoms. The number of likely N-dealkylation sites (tertiary alicyclic amines) is 1. The summed E-state index contributed by atoms with van der Waals surface area (Å²) in [4.78, 5) is 25.0. The Labute approximate surface area is 101 Å². The van der Waals surface area contributed by atoms with Crippen LogP contribution >= 0.6 is 0 Å². The largest absolute Gasteiger partial charge is 0.469 e. The van der Waals surface area contributed by atoms with Crippen LogP contribution < -0.4 is 0 Å². The van der Waals surface area contributed by atoms with Crippen molar-refractivity contribution in [2.24, 2.45) is 5.92 Å². The summed E-state index contributed by atoms with van der Waals surface area (Å²) in [6.45, 7) is 1.92. The van der Waals surface area contributed by atoms with Crippen LogP contribution in [0.2, 0.25) is 0 Å². The number of amides is 1. The SMILES string of the molecule is COC(=O)C1CCN(C(=O)CC2CCCO2)C1. The highest BCUT2D eigenvalue weighted by molar-refractivity contribution is 5.79. The maximum absolute atomic E-state index is 12.0. The number of rotatable bonds is 3. The Morgan fingerprint density at radius 3 is 2.88 bits per heavy atom. The maximum Gasteiger partial charge on any atom is 0.310 e. The molecule has 1 amide bonds. The lowest BCUT2D eigenvalue weighted by molar-refractivity contribution is -0.145. The van der Waals surface area contributed by atoms with Gasteiger partial charge in [0.15, 0.2) is 0 Å². The standard InChI is InChI=1S/C12H19NO4/c1-16-12(15)9-4-5-13(8-9)11(14)7-10-3-2-6-17-10/h9-10H,2-8H2,1H3. The lowest BCUT2D eigenvalue weighted by atomic mass is 10.1. The van der Waals surface area contributed by atoms with Crippen molar-refractivity contribution < 1.29 is 19.1 Å². The maximum atomic E-state index is 12.0. The van der Waals surface area contributed by atoms with Gasteiger partial charge in [0.2, 0.25) is 5.91 Å². The van der Waals surface area contributed by atoms with E-state index in [-0.39, 0.29) is 23.9 Å². The molecule has 2 atom stereocenters. The fourth-order valence-corrected chi connectivity index (χ4v) is 2.48. The lowest BCUT2D eigenvalue weighted by Crippen LogP contribution is -2.32. The van der Waals surface area contributed by atoms with Crippen LogP contribution in [0, 0.1) is 5.92 Å². The Kier molecular flexibility index (Phi) is 3.99. The third kappa shape index (κ3) is 2.97. The number of carbonyl (C=O) groups is 2. The second-order valence-corrected chi connectivity index (χ2v) is 4.69. The van der Waals surface area contributed by atoms with Gasteiger partial charge in [-0.15, -0.1) is 0 Å². The Bertz CT molecular complexity index is 299. The fourth-order valence-electron chi connectivity index (χ4n) is 2.48. The molecule has 17 heavy (non-hydrogen) atoms. The molecule has 0 bridgehead atoms. The number of nitrogens with zero attached hydrogens (tertiary/aromatic N) is 1. The average molecular weight is 241 g/mol. The van der Waals surface area contributed by atoms with Crippen LogP contribution in [0.4, 0.5) is 0 Å². The number of methoxy groups -OCH3 is 1. The number of hydrogen-bond acceptors (Lipinski definition) is 4. The van der Waals surface area contributed by atoms with Crippen LogP contribution in [0.25, 0.3) is 0 Å². The van der Waals surface area contributed by atoms with Crippen molar-refractivity contribution in [3.05, 3.63) is 0 Å². The summed E-state index contributed by atoms with van der Waals surface area (Å²) in [5.74, 6) is -0.255. The number of carbonyl (C=O) groups excluding carboxylic acids is 2. The van der Waals surface area contributed by atoms with Crippen LogP contribution in [0.3, 0.4) is 0 Å². The van der Waals surface area contributed by atoms with Crippen LogP contribution in [-0.2, 0) is 19.1 Å². The highest BCUT2D eigenvalue weighted by Crippen LogP contribution is 2.21. The van der Waals surface area contributed by atoms with E-state index < -0.39 is 0 Å². The summed E-state index contributed by atoms with van der Waals surface area (Å²) < 4.78 is 10.1. The summed E-state index contributed by atoms with van der Waals surface area (Å²) in [7, 11) is 1.39. The van der Waals surface area contributed by atoms with E-state index >= 15 is 0 Å². The first-order valence-corrected chi connectivity index (χ1v) is 6.18. The summed E-state index contributed by atoms with van der Waals surface area (Å²) >= 11 is 0. The van der Waals surface area contributed by atoms with Crippen LogP contribution in [0.5, 0.6) is 0 Å². The molecule has 0 aromatic heterocycles. The van der Waals surface area contributed by atoms with Crippen molar-refractivity contribution in [1.29, 1.82) is 0 Å². The summed E-state index contributed by atoms with van der Waals surface area (Å²) in [5.41, 5.74) is 0. The Balaban J connectivity index is 1.79. The normalized spacial score (nSPS) is 28.4. The first kappa shape index (κ1) is 12.4. The predicted octanol–water partition coefficient (Wildman–Crippen LogP) is 0.577. The van der Waals surface area contributed by atoms with Gasteiger partial charge in [0.1, 0.15) is 0 Å². The molecule has 0 aliphatic carbocycles. The van der Waals surface area contributed by atoms with E-state index in [1.807, 2.05) is 0 Å². The van der Waals surface area contributed by atoms with Crippen molar-refractivity contribution >= 4 is 11.9 Å². The van der Waals surface area contributed by atoms with E-state index in [1.165, 1.54) is 7.11 Å². The molecule has 2 unspecified atom stereocenters. The summed E-state index contributed by atoms with van der Waals surface area (Å²) in [5, 5.41) is 0. The first-order valence-electron chi connectivity index (χ1n) is 6.18. The van der Waals surface area contributed by atoms with Crippen molar-refractivity contribution in [2.45, 2.75) is 31.8 Å².